The first-order chi connectivity index (χ1) is 30.7. The SMILES string of the molecule is c1ccc(-c2cc(-c3ccccc3)c3oc4cccc(-c5nc(-c6ccccc6)nc(-c6cccc(-c7cccc8c7sc7c(-c9ccccc9)cccc78)c6)n5)c4c3c2)cc1. The van der Waals surface area contributed by atoms with E-state index in [0.717, 1.165) is 66.4 Å². The fourth-order valence-corrected chi connectivity index (χ4v) is 10.2. The molecule has 0 atom stereocenters. The highest BCUT2D eigenvalue weighted by atomic mass is 32.1. The van der Waals surface area contributed by atoms with Crippen molar-refractivity contribution in [3.05, 3.63) is 212 Å². The van der Waals surface area contributed by atoms with E-state index in [1.807, 2.05) is 47.7 Å². The summed E-state index contributed by atoms with van der Waals surface area (Å²) in [6.07, 6.45) is 0. The summed E-state index contributed by atoms with van der Waals surface area (Å²) >= 11 is 1.86. The summed E-state index contributed by atoms with van der Waals surface area (Å²) in [6, 6.07) is 74.4. The van der Waals surface area contributed by atoms with Crippen molar-refractivity contribution in [3.8, 4) is 78.7 Å². The summed E-state index contributed by atoms with van der Waals surface area (Å²) in [5.41, 5.74) is 13.4. The minimum atomic E-state index is 0.582. The first-order valence-electron chi connectivity index (χ1n) is 20.8. The number of furan rings is 1. The molecule has 0 aliphatic rings. The van der Waals surface area contributed by atoms with Crippen molar-refractivity contribution in [3.63, 3.8) is 0 Å². The number of nitrogens with zero attached hydrogens (tertiary/aromatic N) is 3. The van der Waals surface area contributed by atoms with Crippen LogP contribution in [0.2, 0.25) is 0 Å². The van der Waals surface area contributed by atoms with Gasteiger partial charge in [0.05, 0.1) is 0 Å². The Bertz CT molecular complexity index is 3620. The Kier molecular flexibility index (Phi) is 8.65. The van der Waals surface area contributed by atoms with Crippen LogP contribution in [0.5, 0.6) is 0 Å². The number of fused-ring (bicyclic) bond motifs is 6. The molecule has 290 valence electrons. The second-order valence-electron chi connectivity index (χ2n) is 15.5. The molecular formula is C57H35N3OS. The van der Waals surface area contributed by atoms with Gasteiger partial charge in [0.1, 0.15) is 11.2 Å². The summed E-state index contributed by atoms with van der Waals surface area (Å²) in [7, 11) is 0. The van der Waals surface area contributed by atoms with Gasteiger partial charge in [-0.25, -0.2) is 15.0 Å². The van der Waals surface area contributed by atoms with Gasteiger partial charge in [-0.1, -0.05) is 188 Å². The van der Waals surface area contributed by atoms with Gasteiger partial charge in [-0.15, -0.1) is 11.3 Å². The molecule has 4 nitrogen and oxygen atoms in total. The van der Waals surface area contributed by atoms with Crippen molar-refractivity contribution in [1.29, 1.82) is 0 Å². The second-order valence-corrected chi connectivity index (χ2v) is 16.5. The molecule has 0 aliphatic carbocycles. The minimum Gasteiger partial charge on any atom is -0.455 e. The van der Waals surface area contributed by atoms with E-state index in [1.165, 1.54) is 36.9 Å². The number of aromatic nitrogens is 3. The number of benzene rings is 9. The Morgan fingerprint density at radius 3 is 1.45 bits per heavy atom. The van der Waals surface area contributed by atoms with E-state index in [1.54, 1.807) is 0 Å². The molecule has 9 aromatic carbocycles. The van der Waals surface area contributed by atoms with Crippen molar-refractivity contribution in [2.45, 2.75) is 0 Å². The van der Waals surface area contributed by atoms with Crippen LogP contribution in [0.3, 0.4) is 0 Å². The zero-order valence-electron chi connectivity index (χ0n) is 33.4. The van der Waals surface area contributed by atoms with E-state index >= 15 is 0 Å². The fourth-order valence-electron chi connectivity index (χ4n) is 8.80. The molecule has 3 heterocycles. The molecule has 0 unspecified atom stereocenters. The molecule has 0 N–H and O–H groups in total. The number of hydrogen-bond donors (Lipinski definition) is 0. The largest absolute Gasteiger partial charge is 0.455 e. The Balaban J connectivity index is 1.05. The fraction of sp³-hybridized carbons (Fsp3) is 0. The smallest absolute Gasteiger partial charge is 0.164 e. The van der Waals surface area contributed by atoms with E-state index in [9.17, 15) is 0 Å². The van der Waals surface area contributed by atoms with Crippen LogP contribution in [-0.4, -0.2) is 15.0 Å². The lowest BCUT2D eigenvalue weighted by Crippen LogP contribution is -2.00. The summed E-state index contributed by atoms with van der Waals surface area (Å²) in [4.78, 5) is 15.7. The van der Waals surface area contributed by atoms with Crippen molar-refractivity contribution >= 4 is 53.4 Å². The zero-order valence-corrected chi connectivity index (χ0v) is 34.2. The lowest BCUT2D eigenvalue weighted by atomic mass is 9.95. The van der Waals surface area contributed by atoms with Crippen molar-refractivity contribution < 1.29 is 4.42 Å². The summed E-state index contributed by atoms with van der Waals surface area (Å²) in [6.45, 7) is 0. The van der Waals surface area contributed by atoms with Gasteiger partial charge in [0.25, 0.3) is 0 Å². The summed E-state index contributed by atoms with van der Waals surface area (Å²) < 4.78 is 9.35. The highest BCUT2D eigenvalue weighted by Gasteiger charge is 2.22. The molecule has 0 saturated heterocycles. The molecule has 62 heavy (non-hydrogen) atoms. The Morgan fingerprint density at radius 1 is 0.306 bits per heavy atom. The molecule has 0 aliphatic heterocycles. The van der Waals surface area contributed by atoms with Crippen LogP contribution in [0.15, 0.2) is 217 Å². The molecule has 0 saturated carbocycles. The molecule has 12 rings (SSSR count). The van der Waals surface area contributed by atoms with Crippen molar-refractivity contribution in [1.82, 2.24) is 15.0 Å². The molecular weight excluding hydrogens is 775 g/mol. The van der Waals surface area contributed by atoms with Gasteiger partial charge >= 0.3 is 0 Å². The molecule has 0 amide bonds. The van der Waals surface area contributed by atoms with Gasteiger partial charge < -0.3 is 4.42 Å². The topological polar surface area (TPSA) is 51.8 Å². The van der Waals surface area contributed by atoms with E-state index in [0.29, 0.717) is 17.5 Å². The number of rotatable bonds is 7. The average molecular weight is 810 g/mol. The van der Waals surface area contributed by atoms with Crippen LogP contribution >= 0.6 is 11.3 Å². The van der Waals surface area contributed by atoms with Crippen LogP contribution < -0.4 is 0 Å². The molecule has 5 heteroatoms. The predicted molar refractivity (Wildman–Crippen MR) is 258 cm³/mol. The van der Waals surface area contributed by atoms with Gasteiger partial charge in [0.2, 0.25) is 0 Å². The standard InChI is InChI=1S/C57H35N3OS/c1-5-17-36(18-6-1)42-34-48(38-21-9-3-10-22-38)52-49(35-42)51-47(31-16-32-50(51)61-52)57-59-55(39-23-11-4-12-24-39)58-56(60-57)41-26-13-25-40(33-41)44-28-15-30-46-45-29-14-27-43(53(45)62-54(44)46)37-19-7-2-8-20-37/h1-35H. The van der Waals surface area contributed by atoms with Crippen LogP contribution in [0, 0.1) is 0 Å². The van der Waals surface area contributed by atoms with Crippen molar-refractivity contribution in [2.24, 2.45) is 0 Å². The maximum absolute atomic E-state index is 6.80. The third-order valence-electron chi connectivity index (χ3n) is 11.7. The molecule has 12 aromatic rings. The third kappa shape index (κ3) is 6.18. The van der Waals surface area contributed by atoms with Gasteiger partial charge in [0, 0.05) is 53.2 Å². The molecule has 0 bridgehead atoms. The normalized spacial score (nSPS) is 11.5. The quantitative estimate of drug-likeness (QED) is 0.161. The summed E-state index contributed by atoms with van der Waals surface area (Å²) in [5, 5.41) is 4.50. The van der Waals surface area contributed by atoms with Gasteiger partial charge in [0.15, 0.2) is 17.5 Å². The van der Waals surface area contributed by atoms with Crippen LogP contribution in [0.25, 0.3) is 121 Å². The van der Waals surface area contributed by atoms with Crippen molar-refractivity contribution in [2.75, 3.05) is 0 Å². The van der Waals surface area contributed by atoms with E-state index in [2.05, 4.69) is 176 Å². The second kappa shape index (κ2) is 14.9. The van der Waals surface area contributed by atoms with Crippen LogP contribution in [-0.2, 0) is 0 Å². The zero-order chi connectivity index (χ0) is 41.0. The molecule has 0 spiro atoms. The predicted octanol–water partition coefficient (Wildman–Crippen LogP) is 15.8. The minimum absolute atomic E-state index is 0.582. The Hall–Kier alpha value is -7.99. The first-order valence-corrected chi connectivity index (χ1v) is 21.6. The number of thiophene rings is 1. The van der Waals surface area contributed by atoms with E-state index in [4.69, 9.17) is 19.4 Å². The van der Waals surface area contributed by atoms with Crippen LogP contribution in [0.1, 0.15) is 0 Å². The molecule has 0 fully saturated rings. The van der Waals surface area contributed by atoms with E-state index in [-0.39, 0.29) is 0 Å². The summed E-state index contributed by atoms with van der Waals surface area (Å²) in [5.74, 6) is 1.79. The number of hydrogen-bond acceptors (Lipinski definition) is 5. The highest BCUT2D eigenvalue weighted by Crippen LogP contribution is 2.45. The Morgan fingerprint density at radius 2 is 0.790 bits per heavy atom. The lowest BCUT2D eigenvalue weighted by Gasteiger charge is -2.11. The van der Waals surface area contributed by atoms with Crippen LogP contribution in [0.4, 0.5) is 0 Å². The Labute approximate surface area is 362 Å². The molecule has 3 aromatic heterocycles. The van der Waals surface area contributed by atoms with Gasteiger partial charge in [-0.05, 0) is 63.2 Å². The maximum atomic E-state index is 6.80. The average Bonchev–Trinajstić information content (AvgIpc) is 3.94. The third-order valence-corrected chi connectivity index (χ3v) is 13.0. The highest BCUT2D eigenvalue weighted by molar-refractivity contribution is 7.26. The lowest BCUT2D eigenvalue weighted by molar-refractivity contribution is 0.670. The van der Waals surface area contributed by atoms with E-state index < -0.39 is 0 Å². The first kappa shape index (κ1) is 35.9. The van der Waals surface area contributed by atoms with Gasteiger partial charge in [-0.3, -0.25) is 0 Å². The van der Waals surface area contributed by atoms with Gasteiger partial charge in [-0.2, -0.15) is 0 Å². The maximum Gasteiger partial charge on any atom is 0.164 e. The molecule has 0 radical (unpaired) electrons. The monoisotopic (exact) mass is 809 g/mol.